The summed E-state index contributed by atoms with van der Waals surface area (Å²) in [6, 6.07) is 13.3. The molecule has 6 heteroatoms. The van der Waals surface area contributed by atoms with Crippen molar-refractivity contribution in [1.29, 1.82) is 0 Å². The van der Waals surface area contributed by atoms with Crippen LogP contribution >= 0.6 is 0 Å². The topological polar surface area (TPSA) is 65.5 Å². The lowest BCUT2D eigenvalue weighted by molar-refractivity contribution is -0.138. The van der Waals surface area contributed by atoms with Crippen LogP contribution in [-0.2, 0) is 22.6 Å². The van der Waals surface area contributed by atoms with Gasteiger partial charge < -0.3 is 15.1 Å². The molecule has 6 nitrogen and oxygen atoms in total. The summed E-state index contributed by atoms with van der Waals surface area (Å²) >= 11 is 0. The van der Waals surface area contributed by atoms with E-state index in [1.807, 2.05) is 42.5 Å². The van der Waals surface area contributed by atoms with Gasteiger partial charge in [0.25, 0.3) is 0 Å². The molecule has 3 rings (SSSR count). The molecule has 2 amide bonds. The van der Waals surface area contributed by atoms with Gasteiger partial charge in [0.1, 0.15) is 11.9 Å². The molecule has 29 heavy (non-hydrogen) atoms. The van der Waals surface area contributed by atoms with E-state index in [1.165, 1.54) is 0 Å². The summed E-state index contributed by atoms with van der Waals surface area (Å²) in [5, 5.41) is 2.98. The number of likely N-dealkylation sites (tertiary alicyclic amines) is 1. The third kappa shape index (κ3) is 5.34. The number of hydrogen-bond acceptors (Lipinski definition) is 4. The van der Waals surface area contributed by atoms with Gasteiger partial charge in [-0.25, -0.2) is 4.98 Å². The summed E-state index contributed by atoms with van der Waals surface area (Å²) in [6.07, 6.45) is 3.71. The summed E-state index contributed by atoms with van der Waals surface area (Å²) in [4.78, 5) is 33.8. The minimum absolute atomic E-state index is 0.0130. The molecule has 2 aromatic rings. The Balaban J connectivity index is 1.55. The fourth-order valence-corrected chi connectivity index (χ4v) is 3.77. The molecule has 0 aliphatic carbocycles. The maximum absolute atomic E-state index is 12.7. The van der Waals surface area contributed by atoms with Gasteiger partial charge in [-0.2, -0.15) is 0 Å². The van der Waals surface area contributed by atoms with Crippen molar-refractivity contribution in [2.45, 2.75) is 45.7 Å². The van der Waals surface area contributed by atoms with Crippen LogP contribution in [0.2, 0.25) is 0 Å². The smallest absolute Gasteiger partial charge is 0.243 e. The Labute approximate surface area is 172 Å². The fraction of sp³-hybridized carbons (Fsp3) is 0.435. The molecule has 1 aliphatic rings. The molecule has 0 bridgehead atoms. The van der Waals surface area contributed by atoms with Crippen LogP contribution in [-0.4, -0.2) is 47.4 Å². The molecule has 154 valence electrons. The van der Waals surface area contributed by atoms with Crippen molar-refractivity contribution in [3.05, 3.63) is 59.8 Å². The Morgan fingerprint density at radius 2 is 1.86 bits per heavy atom. The van der Waals surface area contributed by atoms with Crippen molar-refractivity contribution in [3.63, 3.8) is 0 Å². The number of nitrogens with zero attached hydrogens (tertiary/aromatic N) is 3. The number of carbonyl (C=O) groups excluding carboxylic acids is 2. The highest BCUT2D eigenvalue weighted by molar-refractivity contribution is 5.89. The minimum Gasteiger partial charge on any atom is -0.357 e. The molecule has 1 aromatic carbocycles. The quantitative estimate of drug-likeness (QED) is 0.748. The van der Waals surface area contributed by atoms with Gasteiger partial charge >= 0.3 is 0 Å². The summed E-state index contributed by atoms with van der Waals surface area (Å²) < 4.78 is 0. The van der Waals surface area contributed by atoms with Crippen LogP contribution in [0.1, 0.15) is 37.8 Å². The second kappa shape index (κ2) is 10.0. The van der Waals surface area contributed by atoms with Crippen LogP contribution in [0.5, 0.6) is 0 Å². The maximum Gasteiger partial charge on any atom is 0.243 e. The SMILES string of the molecule is CCN(CC)c1ccc(CNC(=O)C2CCCN2C(=O)Cc2ccccc2)cn1. The number of carbonyl (C=O) groups is 2. The molecule has 0 radical (unpaired) electrons. The van der Waals surface area contributed by atoms with Crippen molar-refractivity contribution in [2.75, 3.05) is 24.5 Å². The van der Waals surface area contributed by atoms with Crippen LogP contribution in [0.4, 0.5) is 5.82 Å². The molecule has 1 atom stereocenters. The largest absolute Gasteiger partial charge is 0.357 e. The van der Waals surface area contributed by atoms with E-state index in [2.05, 4.69) is 29.0 Å². The summed E-state index contributed by atoms with van der Waals surface area (Å²) in [5.74, 6) is 0.870. The number of nitrogens with one attached hydrogen (secondary N) is 1. The van der Waals surface area contributed by atoms with Gasteiger partial charge in [0.05, 0.1) is 6.42 Å². The number of benzene rings is 1. The zero-order valence-corrected chi connectivity index (χ0v) is 17.3. The standard InChI is InChI=1S/C23H30N4O2/c1-3-26(4-2)21-13-12-19(16-24-21)17-25-23(29)20-11-8-14-27(20)22(28)15-18-9-6-5-7-10-18/h5-7,9-10,12-13,16,20H,3-4,8,11,14-15,17H2,1-2H3,(H,25,29). The van der Waals surface area contributed by atoms with Gasteiger partial charge in [-0.15, -0.1) is 0 Å². The number of aromatic nitrogens is 1. The van der Waals surface area contributed by atoms with Gasteiger partial charge in [0.2, 0.25) is 11.8 Å². The van der Waals surface area contributed by atoms with Crippen LogP contribution < -0.4 is 10.2 Å². The molecule has 1 aromatic heterocycles. The summed E-state index contributed by atoms with van der Waals surface area (Å²) in [7, 11) is 0. The van der Waals surface area contributed by atoms with E-state index in [0.29, 0.717) is 25.9 Å². The second-order valence-corrected chi connectivity index (χ2v) is 7.32. The van der Waals surface area contributed by atoms with Gasteiger partial charge in [-0.1, -0.05) is 36.4 Å². The third-order valence-corrected chi connectivity index (χ3v) is 5.44. The zero-order chi connectivity index (χ0) is 20.6. The lowest BCUT2D eigenvalue weighted by Gasteiger charge is -2.24. The van der Waals surface area contributed by atoms with E-state index in [9.17, 15) is 9.59 Å². The lowest BCUT2D eigenvalue weighted by Crippen LogP contribution is -2.46. The lowest BCUT2D eigenvalue weighted by atomic mass is 10.1. The highest BCUT2D eigenvalue weighted by Crippen LogP contribution is 2.19. The summed E-state index contributed by atoms with van der Waals surface area (Å²) in [5.41, 5.74) is 1.93. The number of pyridine rings is 1. The van der Waals surface area contributed by atoms with E-state index in [0.717, 1.165) is 36.5 Å². The van der Waals surface area contributed by atoms with E-state index < -0.39 is 0 Å². The highest BCUT2D eigenvalue weighted by atomic mass is 16.2. The molecule has 2 heterocycles. The van der Waals surface area contributed by atoms with E-state index in [4.69, 9.17) is 0 Å². The molecule has 0 saturated carbocycles. The van der Waals surface area contributed by atoms with Crippen molar-refractivity contribution in [3.8, 4) is 0 Å². The third-order valence-electron chi connectivity index (χ3n) is 5.44. The molecular weight excluding hydrogens is 364 g/mol. The van der Waals surface area contributed by atoms with Gasteiger partial charge in [-0.05, 0) is 43.9 Å². The average Bonchev–Trinajstić information content (AvgIpc) is 3.25. The Morgan fingerprint density at radius 1 is 1.10 bits per heavy atom. The first-order valence-electron chi connectivity index (χ1n) is 10.4. The van der Waals surface area contributed by atoms with Crippen LogP contribution in [0.15, 0.2) is 48.7 Å². The molecule has 1 fully saturated rings. The Morgan fingerprint density at radius 3 is 2.52 bits per heavy atom. The van der Waals surface area contributed by atoms with Crippen LogP contribution in [0.3, 0.4) is 0 Å². The highest BCUT2D eigenvalue weighted by Gasteiger charge is 2.33. The minimum atomic E-state index is -0.380. The van der Waals surface area contributed by atoms with Crippen molar-refractivity contribution in [1.82, 2.24) is 15.2 Å². The first-order chi connectivity index (χ1) is 14.1. The van der Waals surface area contributed by atoms with E-state index >= 15 is 0 Å². The van der Waals surface area contributed by atoms with Gasteiger partial charge in [0, 0.05) is 32.4 Å². The second-order valence-electron chi connectivity index (χ2n) is 7.32. The Bertz CT molecular complexity index is 803. The fourth-order valence-electron chi connectivity index (χ4n) is 3.77. The van der Waals surface area contributed by atoms with Crippen molar-refractivity contribution in [2.24, 2.45) is 0 Å². The van der Waals surface area contributed by atoms with Crippen molar-refractivity contribution >= 4 is 17.6 Å². The van der Waals surface area contributed by atoms with Crippen LogP contribution in [0, 0.1) is 0 Å². The zero-order valence-electron chi connectivity index (χ0n) is 17.3. The predicted molar refractivity (Wildman–Crippen MR) is 115 cm³/mol. The monoisotopic (exact) mass is 394 g/mol. The number of rotatable bonds is 8. The number of amides is 2. The molecule has 0 spiro atoms. The maximum atomic E-state index is 12.7. The first kappa shape index (κ1) is 20.8. The molecule has 1 aliphatic heterocycles. The Hall–Kier alpha value is -2.89. The van der Waals surface area contributed by atoms with E-state index in [1.54, 1.807) is 11.1 Å². The van der Waals surface area contributed by atoms with Crippen molar-refractivity contribution < 1.29 is 9.59 Å². The van der Waals surface area contributed by atoms with Crippen LogP contribution in [0.25, 0.3) is 0 Å². The Kier molecular flexibility index (Phi) is 7.22. The van der Waals surface area contributed by atoms with Gasteiger partial charge in [-0.3, -0.25) is 9.59 Å². The van der Waals surface area contributed by atoms with Gasteiger partial charge in [0.15, 0.2) is 0 Å². The summed E-state index contributed by atoms with van der Waals surface area (Å²) in [6.45, 7) is 7.09. The predicted octanol–water partition coefficient (Wildman–Crippen LogP) is 2.78. The molecule has 1 saturated heterocycles. The molecular formula is C23H30N4O2. The number of anilines is 1. The normalized spacial score (nSPS) is 15.9. The number of hydrogen-bond donors (Lipinski definition) is 1. The molecule has 1 unspecified atom stereocenters. The average molecular weight is 395 g/mol. The molecule has 1 N–H and O–H groups in total. The van der Waals surface area contributed by atoms with E-state index in [-0.39, 0.29) is 17.9 Å². The first-order valence-corrected chi connectivity index (χ1v) is 10.4.